The fraction of sp³-hybridized carbons (Fsp3) is 0.353. The summed E-state index contributed by atoms with van der Waals surface area (Å²) in [7, 11) is 1.62. The molecule has 0 saturated heterocycles. The molecule has 1 saturated carbocycles. The van der Waals surface area contributed by atoms with Crippen molar-refractivity contribution in [2.24, 2.45) is 13.0 Å². The fourth-order valence-electron chi connectivity index (χ4n) is 3.84. The number of nitrogens with one attached hydrogen (secondary N) is 1. The second kappa shape index (κ2) is 4.68. The highest BCUT2D eigenvalue weighted by atomic mass is 16.4. The van der Waals surface area contributed by atoms with E-state index in [1.807, 2.05) is 12.1 Å². The van der Waals surface area contributed by atoms with E-state index >= 15 is 0 Å². The summed E-state index contributed by atoms with van der Waals surface area (Å²) in [6, 6.07) is 9.72. The average Bonchev–Trinajstić information content (AvgIpc) is 2.99. The van der Waals surface area contributed by atoms with Gasteiger partial charge in [0, 0.05) is 24.4 Å². The van der Waals surface area contributed by atoms with Gasteiger partial charge in [0.2, 0.25) is 5.91 Å². The Hall–Kier alpha value is -2.63. The van der Waals surface area contributed by atoms with Gasteiger partial charge in [-0.15, -0.1) is 0 Å². The van der Waals surface area contributed by atoms with E-state index in [2.05, 4.69) is 22.5 Å². The molecule has 1 aromatic carbocycles. The average molecular weight is 311 g/mol. The van der Waals surface area contributed by atoms with Gasteiger partial charge in [-0.25, -0.2) is 4.79 Å². The van der Waals surface area contributed by atoms with Gasteiger partial charge in [-0.1, -0.05) is 24.3 Å². The first-order chi connectivity index (χ1) is 11.0. The smallest absolute Gasteiger partial charge is 0.356 e. The van der Waals surface area contributed by atoms with E-state index in [4.69, 9.17) is 5.11 Å². The van der Waals surface area contributed by atoms with Crippen LogP contribution in [0.2, 0.25) is 0 Å². The number of nitrogens with zero attached hydrogens (tertiary/aromatic N) is 2. The van der Waals surface area contributed by atoms with Crippen molar-refractivity contribution in [2.45, 2.75) is 24.7 Å². The molecule has 1 heterocycles. The zero-order chi connectivity index (χ0) is 16.2. The van der Waals surface area contributed by atoms with Crippen LogP contribution in [-0.4, -0.2) is 26.8 Å². The van der Waals surface area contributed by atoms with Crippen molar-refractivity contribution in [3.8, 4) is 0 Å². The van der Waals surface area contributed by atoms with Crippen LogP contribution in [-0.2, 0) is 23.7 Å². The number of aryl methyl sites for hydroxylation is 2. The lowest BCUT2D eigenvalue weighted by atomic mass is 9.95. The van der Waals surface area contributed by atoms with Crippen molar-refractivity contribution in [1.29, 1.82) is 0 Å². The molecule has 2 aliphatic carbocycles. The number of hydrogen-bond donors (Lipinski definition) is 2. The van der Waals surface area contributed by atoms with Gasteiger partial charge in [0.05, 0.1) is 0 Å². The molecule has 23 heavy (non-hydrogen) atoms. The molecule has 0 radical (unpaired) electrons. The molecule has 2 atom stereocenters. The molecule has 0 bridgehead atoms. The third-order valence-electron chi connectivity index (χ3n) is 5.14. The van der Waals surface area contributed by atoms with Gasteiger partial charge in [-0.3, -0.25) is 9.48 Å². The molecular formula is C17H17N3O3. The number of benzene rings is 1. The number of carboxylic acids is 1. The first-order valence-corrected chi connectivity index (χ1v) is 7.68. The number of amides is 1. The van der Waals surface area contributed by atoms with Gasteiger partial charge in [-0.05, 0) is 30.4 Å². The first kappa shape index (κ1) is 14.0. The first-order valence-electron chi connectivity index (χ1n) is 7.68. The Bertz CT molecular complexity index is 826. The molecule has 2 aromatic rings. The summed E-state index contributed by atoms with van der Waals surface area (Å²) < 4.78 is 1.39. The monoisotopic (exact) mass is 311 g/mol. The molecule has 118 valence electrons. The highest BCUT2D eigenvalue weighted by Gasteiger charge is 2.61. The Balaban J connectivity index is 1.53. The molecule has 1 spiro atoms. The number of fused-ring (bicyclic) bond motifs is 2. The summed E-state index contributed by atoms with van der Waals surface area (Å²) >= 11 is 0. The predicted molar refractivity (Wildman–Crippen MR) is 83.3 cm³/mol. The molecule has 2 aliphatic rings. The molecule has 2 unspecified atom stereocenters. The SMILES string of the molecule is Cn1nc(C(=O)O)cc1NC(=O)C1CC12CCc1ccccc12. The molecule has 2 N–H and O–H groups in total. The summed E-state index contributed by atoms with van der Waals surface area (Å²) in [5.74, 6) is -0.787. The van der Waals surface area contributed by atoms with Gasteiger partial charge < -0.3 is 10.4 Å². The minimum Gasteiger partial charge on any atom is -0.476 e. The summed E-state index contributed by atoms with van der Waals surface area (Å²) in [6.07, 6.45) is 2.89. The van der Waals surface area contributed by atoms with Crippen molar-refractivity contribution < 1.29 is 14.7 Å². The topological polar surface area (TPSA) is 84.2 Å². The standard InChI is InChI=1S/C17H17N3O3/c1-20-14(8-13(19-20)16(22)23)18-15(21)12-9-17(12)7-6-10-4-2-3-5-11(10)17/h2-5,8,12H,6-7,9H2,1H3,(H,18,21)(H,22,23). The predicted octanol–water partition coefficient (Wildman–Crippen LogP) is 1.96. The van der Waals surface area contributed by atoms with Crippen LogP contribution in [0, 0.1) is 5.92 Å². The van der Waals surface area contributed by atoms with Gasteiger partial charge in [0.15, 0.2) is 5.69 Å². The molecule has 6 nitrogen and oxygen atoms in total. The largest absolute Gasteiger partial charge is 0.476 e. The Morgan fingerprint density at radius 2 is 2.17 bits per heavy atom. The second-order valence-electron chi connectivity index (χ2n) is 6.40. The van der Waals surface area contributed by atoms with E-state index in [0.29, 0.717) is 5.82 Å². The van der Waals surface area contributed by atoms with E-state index in [9.17, 15) is 9.59 Å². The third kappa shape index (κ3) is 2.05. The number of carbonyl (C=O) groups excluding carboxylic acids is 1. The molecule has 6 heteroatoms. The lowest BCUT2D eigenvalue weighted by Gasteiger charge is -2.11. The van der Waals surface area contributed by atoms with Gasteiger partial charge in [0.25, 0.3) is 0 Å². The Labute approximate surface area is 133 Å². The summed E-state index contributed by atoms with van der Waals surface area (Å²) in [5.41, 5.74) is 2.56. The maximum atomic E-state index is 12.6. The second-order valence-corrected chi connectivity index (χ2v) is 6.40. The third-order valence-corrected chi connectivity index (χ3v) is 5.14. The number of hydrogen-bond acceptors (Lipinski definition) is 3. The number of aromatic nitrogens is 2. The fourth-order valence-corrected chi connectivity index (χ4v) is 3.84. The molecular weight excluding hydrogens is 294 g/mol. The summed E-state index contributed by atoms with van der Waals surface area (Å²) in [4.78, 5) is 23.5. The van der Waals surface area contributed by atoms with E-state index in [1.165, 1.54) is 21.9 Å². The molecule has 1 aromatic heterocycles. The molecule has 4 rings (SSSR count). The van der Waals surface area contributed by atoms with Gasteiger partial charge in [-0.2, -0.15) is 5.10 Å². The number of aromatic carboxylic acids is 1. The molecule has 0 aliphatic heterocycles. The Kier molecular flexibility index (Phi) is 2.85. The van der Waals surface area contributed by atoms with Crippen LogP contribution < -0.4 is 5.32 Å². The summed E-state index contributed by atoms with van der Waals surface area (Å²) in [5, 5.41) is 15.7. The minimum atomic E-state index is -1.10. The zero-order valence-corrected chi connectivity index (χ0v) is 12.7. The number of carboxylic acid groups (broad SMARTS) is 1. The number of carbonyl (C=O) groups is 2. The van der Waals surface area contributed by atoms with Crippen LogP contribution in [0.5, 0.6) is 0 Å². The number of anilines is 1. The maximum absolute atomic E-state index is 12.6. The van der Waals surface area contributed by atoms with Crippen LogP contribution in [0.15, 0.2) is 30.3 Å². The quantitative estimate of drug-likeness (QED) is 0.907. The van der Waals surface area contributed by atoms with Crippen LogP contribution in [0.25, 0.3) is 0 Å². The van der Waals surface area contributed by atoms with Crippen LogP contribution in [0.3, 0.4) is 0 Å². The van der Waals surface area contributed by atoms with Crippen molar-refractivity contribution in [3.63, 3.8) is 0 Å². The van der Waals surface area contributed by atoms with Gasteiger partial charge in [0.1, 0.15) is 5.82 Å². The lowest BCUT2D eigenvalue weighted by molar-refractivity contribution is -0.117. The van der Waals surface area contributed by atoms with E-state index in [0.717, 1.165) is 19.3 Å². The van der Waals surface area contributed by atoms with Crippen LogP contribution in [0.4, 0.5) is 5.82 Å². The molecule has 1 fully saturated rings. The normalized spacial score (nSPS) is 24.5. The highest BCUT2D eigenvalue weighted by molar-refractivity contribution is 5.97. The van der Waals surface area contributed by atoms with Crippen LogP contribution >= 0.6 is 0 Å². The van der Waals surface area contributed by atoms with Crippen molar-refractivity contribution >= 4 is 17.7 Å². The lowest BCUT2D eigenvalue weighted by Crippen LogP contribution is -2.21. The van der Waals surface area contributed by atoms with E-state index in [-0.39, 0.29) is 22.9 Å². The molecule has 1 amide bonds. The van der Waals surface area contributed by atoms with E-state index < -0.39 is 5.97 Å². The Morgan fingerprint density at radius 3 is 2.91 bits per heavy atom. The van der Waals surface area contributed by atoms with Crippen molar-refractivity contribution in [1.82, 2.24) is 9.78 Å². The zero-order valence-electron chi connectivity index (χ0n) is 12.7. The maximum Gasteiger partial charge on any atom is 0.356 e. The van der Waals surface area contributed by atoms with Crippen molar-refractivity contribution in [3.05, 3.63) is 47.2 Å². The van der Waals surface area contributed by atoms with Crippen LogP contribution in [0.1, 0.15) is 34.5 Å². The number of rotatable bonds is 3. The summed E-state index contributed by atoms with van der Waals surface area (Å²) in [6.45, 7) is 0. The van der Waals surface area contributed by atoms with Crippen molar-refractivity contribution in [2.75, 3.05) is 5.32 Å². The Morgan fingerprint density at radius 1 is 1.39 bits per heavy atom. The minimum absolute atomic E-state index is 0.0190. The van der Waals surface area contributed by atoms with Gasteiger partial charge >= 0.3 is 5.97 Å². The van der Waals surface area contributed by atoms with E-state index in [1.54, 1.807) is 7.05 Å². The highest BCUT2D eigenvalue weighted by Crippen LogP contribution is 2.61.